The number of hydrogen-bond donors (Lipinski definition) is 0. The molecule has 216 valence electrons. The van der Waals surface area contributed by atoms with Crippen molar-refractivity contribution in [1.29, 1.82) is 0 Å². The zero-order valence-electron chi connectivity index (χ0n) is 25.1. The van der Waals surface area contributed by atoms with Gasteiger partial charge in [0.05, 0.1) is 0 Å². The Labute approximate surface area is 281 Å². The molecule has 0 unspecified atom stereocenters. The molecule has 0 radical (unpaired) electrons. The van der Waals surface area contributed by atoms with Crippen LogP contribution in [0.15, 0.2) is 121 Å². The smallest absolute Gasteiger partial charge is 0.0253 e. The maximum Gasteiger partial charge on any atom is -0.0253 e. The molecule has 0 heterocycles. The molecule has 0 nitrogen and oxygen atoms in total. The summed E-state index contributed by atoms with van der Waals surface area (Å²) in [5.41, 5.74) is 11.5. The van der Waals surface area contributed by atoms with Crippen LogP contribution in [0.5, 0.6) is 0 Å². The maximum atomic E-state index is 3.30. The van der Waals surface area contributed by atoms with Crippen LogP contribution in [0.1, 0.15) is 73.9 Å². The molecule has 0 fully saturated rings. The van der Waals surface area contributed by atoms with Crippen molar-refractivity contribution in [3.63, 3.8) is 0 Å². The monoisotopic (exact) mass is 668 g/mol. The van der Waals surface area contributed by atoms with Crippen LogP contribution in [0.25, 0.3) is 11.1 Å². The van der Waals surface area contributed by atoms with Crippen molar-refractivity contribution < 1.29 is 49.0 Å². The van der Waals surface area contributed by atoms with Gasteiger partial charge in [-0.15, -0.1) is 5.56 Å². The summed E-state index contributed by atoms with van der Waals surface area (Å²) in [6, 6.07) is 46.1. The Hall–Kier alpha value is -2.44. The van der Waals surface area contributed by atoms with Crippen molar-refractivity contribution >= 4 is 3.21 Å². The van der Waals surface area contributed by atoms with Crippen LogP contribution in [0.2, 0.25) is 0 Å². The van der Waals surface area contributed by atoms with E-state index in [-0.39, 0.29) is 24.8 Å². The fraction of sp³-hybridized carbons (Fsp3) is 0.231. The molecule has 0 spiro atoms. The molecule has 0 amide bonds. The summed E-state index contributed by atoms with van der Waals surface area (Å²) in [5.74, 6) is 0. The molecule has 0 N–H and O–H groups in total. The van der Waals surface area contributed by atoms with Gasteiger partial charge in [0.15, 0.2) is 0 Å². The summed E-state index contributed by atoms with van der Waals surface area (Å²) >= 11 is 1.46. The normalized spacial score (nSPS) is 10.8. The average molecular weight is 671 g/mol. The van der Waals surface area contributed by atoms with Crippen molar-refractivity contribution in [3.05, 3.63) is 161 Å². The first-order chi connectivity index (χ1) is 19.4. The van der Waals surface area contributed by atoms with E-state index in [2.05, 4.69) is 149 Å². The van der Waals surface area contributed by atoms with E-state index in [1.165, 1.54) is 91.2 Å². The Morgan fingerprint density at radius 2 is 1.36 bits per heavy atom. The van der Waals surface area contributed by atoms with Crippen molar-refractivity contribution in [2.24, 2.45) is 0 Å². The van der Waals surface area contributed by atoms with E-state index in [4.69, 9.17) is 0 Å². The summed E-state index contributed by atoms with van der Waals surface area (Å²) in [7, 11) is 0. The van der Waals surface area contributed by atoms with Crippen molar-refractivity contribution in [3.8, 4) is 11.1 Å². The van der Waals surface area contributed by atoms with Crippen molar-refractivity contribution in [2.45, 2.75) is 58.8 Å². The van der Waals surface area contributed by atoms with Crippen LogP contribution < -0.4 is 24.8 Å². The minimum Gasteiger partial charge on any atom is -0.179 e. The van der Waals surface area contributed by atoms with Gasteiger partial charge >= 0.3 is 99.2 Å². The van der Waals surface area contributed by atoms with Crippen molar-refractivity contribution in [1.82, 2.24) is 0 Å². The van der Waals surface area contributed by atoms with Crippen LogP contribution in [0.3, 0.4) is 0 Å². The zero-order valence-corrected chi connectivity index (χ0v) is 29.1. The van der Waals surface area contributed by atoms with Crippen LogP contribution in [0, 0.1) is 6.07 Å². The third-order valence-electron chi connectivity index (χ3n) is 7.24. The molecular formula is C39H40Cl2Zr-2. The van der Waals surface area contributed by atoms with Gasteiger partial charge in [-0.1, -0.05) is 87.8 Å². The minimum atomic E-state index is 0. The number of unbranched alkanes of at least 4 members (excludes halogenated alkanes) is 1. The molecule has 1 aliphatic carbocycles. The molecule has 3 heteroatoms. The number of aryl methyl sites for hydroxylation is 1. The number of benzene rings is 4. The van der Waals surface area contributed by atoms with Crippen LogP contribution in [-0.4, -0.2) is 3.21 Å². The average Bonchev–Trinajstić information content (AvgIpc) is 3.63. The van der Waals surface area contributed by atoms with Crippen LogP contribution in [0.4, 0.5) is 0 Å². The molecule has 0 saturated heterocycles. The molecule has 0 aliphatic heterocycles. The Balaban J connectivity index is 0.000000215. The summed E-state index contributed by atoms with van der Waals surface area (Å²) in [6.45, 7) is 9.05. The van der Waals surface area contributed by atoms with Gasteiger partial charge in [0.2, 0.25) is 0 Å². The molecule has 0 bridgehead atoms. The largest absolute Gasteiger partial charge is 0.179 e. The van der Waals surface area contributed by atoms with Gasteiger partial charge in [0.25, 0.3) is 0 Å². The first kappa shape index (κ1) is 35.8. The van der Waals surface area contributed by atoms with Gasteiger partial charge in [0.1, 0.15) is 0 Å². The molecule has 0 saturated carbocycles. The van der Waals surface area contributed by atoms with E-state index in [1.807, 2.05) is 6.07 Å². The maximum absolute atomic E-state index is 3.30. The van der Waals surface area contributed by atoms with Gasteiger partial charge < -0.3 is 24.8 Å². The molecule has 6 rings (SSSR count). The fourth-order valence-electron chi connectivity index (χ4n) is 4.87. The molecule has 5 aromatic carbocycles. The first-order valence-corrected chi connectivity index (χ1v) is 15.6. The number of fused-ring (bicyclic) bond motifs is 3. The predicted octanol–water partition coefficient (Wildman–Crippen LogP) is 3.91. The van der Waals surface area contributed by atoms with Crippen LogP contribution >= 0.6 is 0 Å². The Morgan fingerprint density at radius 3 is 1.93 bits per heavy atom. The van der Waals surface area contributed by atoms with Gasteiger partial charge in [0, 0.05) is 0 Å². The second-order valence-corrected chi connectivity index (χ2v) is 12.6. The second kappa shape index (κ2) is 17.6. The number of halogens is 2. The standard InChI is InChI=1S/C13H9.C13H10.C13H21.2ClH.Zr/c1-3-7-12-10(5-1)9-11-6-2-4-8-13(11)12;1-3-7-12(8-4-1)11-13-9-5-2-6-10-13;1-5-6-7-11-8-9-12(10-11)13(2,3)4;;;/h1-5,7-8H,9H2;1-10H;8-10H,5-7H2,1-4H3;2*1H;/q-1;;-1;;;+2/p-2. The van der Waals surface area contributed by atoms with Gasteiger partial charge in [-0.3, -0.25) is 0 Å². The SMILES string of the molecule is CCCCc1cc(C(C)(C)C)c[cH-]1.[Cl-].[Cl-].[Zr+2]=[C](c1ccccc1)c1ccccc1.[c-]1cccc2c1Cc1ccccc1-2. The van der Waals surface area contributed by atoms with Gasteiger partial charge in [-0.25, -0.2) is 6.07 Å². The quantitative estimate of drug-likeness (QED) is 0.244. The minimum absolute atomic E-state index is 0. The van der Waals surface area contributed by atoms with Crippen molar-refractivity contribution in [2.75, 3.05) is 0 Å². The number of rotatable bonds is 5. The summed E-state index contributed by atoms with van der Waals surface area (Å²) < 4.78 is 1.42. The Kier molecular flexibility index (Phi) is 15.0. The van der Waals surface area contributed by atoms with E-state index < -0.39 is 0 Å². The van der Waals surface area contributed by atoms with Gasteiger partial charge in [-0.05, 0) is 6.42 Å². The van der Waals surface area contributed by atoms with E-state index in [0.29, 0.717) is 5.41 Å². The molecule has 1 aliphatic rings. The summed E-state index contributed by atoms with van der Waals surface area (Å²) in [6.07, 6.45) is 4.89. The second-order valence-electron chi connectivity index (χ2n) is 11.4. The summed E-state index contributed by atoms with van der Waals surface area (Å²) in [4.78, 5) is 0. The molecule has 0 atom stereocenters. The Bertz CT molecular complexity index is 1410. The topological polar surface area (TPSA) is 0 Å². The van der Waals surface area contributed by atoms with E-state index >= 15 is 0 Å². The molecule has 5 aromatic rings. The Morgan fingerprint density at radius 1 is 0.786 bits per heavy atom. The third kappa shape index (κ3) is 10.1. The molecular weight excluding hydrogens is 631 g/mol. The molecule has 0 aromatic heterocycles. The molecule has 42 heavy (non-hydrogen) atoms. The number of hydrogen-bond acceptors (Lipinski definition) is 0. The summed E-state index contributed by atoms with van der Waals surface area (Å²) in [5, 5.41) is 0. The van der Waals surface area contributed by atoms with E-state index in [1.54, 1.807) is 0 Å². The van der Waals surface area contributed by atoms with Crippen LogP contribution in [-0.2, 0) is 42.5 Å². The first-order valence-electron chi connectivity index (χ1n) is 14.4. The fourth-order valence-corrected chi connectivity index (χ4v) is 5.69. The van der Waals surface area contributed by atoms with E-state index in [9.17, 15) is 0 Å². The third-order valence-corrected chi connectivity index (χ3v) is 8.66. The predicted molar refractivity (Wildman–Crippen MR) is 169 cm³/mol. The van der Waals surface area contributed by atoms with E-state index in [0.717, 1.165) is 6.42 Å². The zero-order chi connectivity index (χ0) is 28.4. The van der Waals surface area contributed by atoms with Gasteiger partial charge in [-0.2, -0.15) is 53.1 Å².